The Morgan fingerprint density at radius 1 is 1.39 bits per heavy atom. The Labute approximate surface area is 141 Å². The number of aryl methyl sites for hydroxylation is 1. The molecular weight excluding hydrogens is 312 g/mol. The molecule has 7 heteroatoms. The van der Waals surface area contributed by atoms with E-state index in [1.807, 2.05) is 6.07 Å². The van der Waals surface area contributed by atoms with Gasteiger partial charge in [0.25, 0.3) is 0 Å². The first-order chi connectivity index (χ1) is 11.0. The second-order valence-corrected chi connectivity index (χ2v) is 7.39. The number of nitrogens with one attached hydrogen (secondary N) is 2. The van der Waals surface area contributed by atoms with Crippen molar-refractivity contribution in [2.45, 2.75) is 32.7 Å². The molecule has 3 amide bonds. The lowest BCUT2D eigenvalue weighted by molar-refractivity contribution is -0.123. The van der Waals surface area contributed by atoms with Crippen LogP contribution >= 0.6 is 11.3 Å². The Morgan fingerprint density at radius 2 is 2.22 bits per heavy atom. The van der Waals surface area contributed by atoms with Crippen molar-refractivity contribution in [2.24, 2.45) is 11.7 Å². The summed E-state index contributed by atoms with van der Waals surface area (Å²) in [5.74, 6) is -0.217. The van der Waals surface area contributed by atoms with Crippen molar-refractivity contribution in [2.75, 3.05) is 26.2 Å². The summed E-state index contributed by atoms with van der Waals surface area (Å²) in [7, 11) is 0. The van der Waals surface area contributed by atoms with Crippen LogP contribution in [0, 0.1) is 12.8 Å². The second kappa shape index (κ2) is 8.88. The van der Waals surface area contributed by atoms with Gasteiger partial charge in [0.2, 0.25) is 5.91 Å². The van der Waals surface area contributed by atoms with Gasteiger partial charge in [0.05, 0.1) is 12.5 Å². The first-order valence-electron chi connectivity index (χ1n) is 8.13. The highest BCUT2D eigenvalue weighted by atomic mass is 32.1. The standard InChI is InChI=1S/C16H26N4O2S/c1-12-5-6-14(23-12)10-19-16(22)18-7-3-9-20-8-2-4-13(11-20)15(17)21/h5-6,13H,2-4,7-11H2,1H3,(H2,17,21)(H2,18,19,22). The van der Waals surface area contributed by atoms with E-state index in [0.717, 1.165) is 43.8 Å². The van der Waals surface area contributed by atoms with Crippen LogP contribution in [-0.4, -0.2) is 43.0 Å². The van der Waals surface area contributed by atoms with Crippen LogP contribution in [0.1, 0.15) is 29.0 Å². The molecule has 1 atom stereocenters. The lowest BCUT2D eigenvalue weighted by Gasteiger charge is -2.31. The molecule has 1 aromatic heterocycles. The van der Waals surface area contributed by atoms with Gasteiger partial charge in [-0.3, -0.25) is 4.79 Å². The van der Waals surface area contributed by atoms with Gasteiger partial charge < -0.3 is 21.3 Å². The smallest absolute Gasteiger partial charge is 0.315 e. The van der Waals surface area contributed by atoms with Crippen molar-refractivity contribution in [3.05, 3.63) is 21.9 Å². The number of hydrogen-bond donors (Lipinski definition) is 3. The summed E-state index contributed by atoms with van der Waals surface area (Å²) in [6.07, 6.45) is 2.79. The molecule has 2 heterocycles. The maximum Gasteiger partial charge on any atom is 0.315 e. The minimum Gasteiger partial charge on any atom is -0.369 e. The molecule has 0 aromatic carbocycles. The molecule has 0 saturated carbocycles. The van der Waals surface area contributed by atoms with Crippen LogP contribution in [0.2, 0.25) is 0 Å². The number of thiophene rings is 1. The number of nitrogens with two attached hydrogens (primary N) is 1. The molecule has 2 rings (SSSR count). The minimum absolute atomic E-state index is 0.0192. The van der Waals surface area contributed by atoms with Gasteiger partial charge in [-0.15, -0.1) is 11.3 Å². The predicted octanol–water partition coefficient (Wildman–Crippen LogP) is 1.44. The fourth-order valence-electron chi connectivity index (χ4n) is 2.81. The molecule has 1 aliphatic heterocycles. The maximum atomic E-state index is 11.7. The molecule has 0 spiro atoms. The molecule has 1 unspecified atom stereocenters. The van der Waals surface area contributed by atoms with Gasteiger partial charge in [0.1, 0.15) is 0 Å². The largest absolute Gasteiger partial charge is 0.369 e. The van der Waals surface area contributed by atoms with Crippen LogP contribution < -0.4 is 16.4 Å². The SMILES string of the molecule is Cc1ccc(CNC(=O)NCCCN2CCCC(C(N)=O)C2)s1. The van der Waals surface area contributed by atoms with Gasteiger partial charge in [-0.2, -0.15) is 0 Å². The first-order valence-corrected chi connectivity index (χ1v) is 8.95. The van der Waals surface area contributed by atoms with Crippen molar-refractivity contribution < 1.29 is 9.59 Å². The van der Waals surface area contributed by atoms with Crippen LogP contribution in [0.25, 0.3) is 0 Å². The van der Waals surface area contributed by atoms with Crippen LogP contribution in [0.15, 0.2) is 12.1 Å². The molecule has 4 N–H and O–H groups in total. The highest BCUT2D eigenvalue weighted by Gasteiger charge is 2.23. The van der Waals surface area contributed by atoms with E-state index in [1.165, 1.54) is 4.88 Å². The molecule has 0 bridgehead atoms. The minimum atomic E-state index is -0.198. The summed E-state index contributed by atoms with van der Waals surface area (Å²) in [4.78, 5) is 27.6. The molecule has 6 nitrogen and oxygen atoms in total. The quantitative estimate of drug-likeness (QED) is 0.658. The number of nitrogens with zero attached hydrogens (tertiary/aromatic N) is 1. The number of piperidine rings is 1. The molecule has 1 fully saturated rings. The van der Waals surface area contributed by atoms with Crippen LogP contribution in [-0.2, 0) is 11.3 Å². The third-order valence-electron chi connectivity index (χ3n) is 4.06. The van der Waals surface area contributed by atoms with Crippen molar-refractivity contribution in [1.82, 2.24) is 15.5 Å². The van der Waals surface area contributed by atoms with E-state index in [-0.39, 0.29) is 17.9 Å². The van der Waals surface area contributed by atoms with Crippen LogP contribution in [0.5, 0.6) is 0 Å². The molecule has 1 aromatic rings. The Kier molecular flexibility index (Phi) is 6.85. The number of hydrogen-bond acceptors (Lipinski definition) is 4. The topological polar surface area (TPSA) is 87.5 Å². The van der Waals surface area contributed by atoms with Gasteiger partial charge in [-0.1, -0.05) is 0 Å². The van der Waals surface area contributed by atoms with Gasteiger partial charge in [-0.25, -0.2) is 4.79 Å². The summed E-state index contributed by atoms with van der Waals surface area (Å²) in [6.45, 7) is 5.89. The number of carbonyl (C=O) groups excluding carboxylic acids is 2. The normalized spacial score (nSPS) is 18.6. The van der Waals surface area contributed by atoms with Gasteiger partial charge in [-0.05, 0) is 51.4 Å². The zero-order chi connectivity index (χ0) is 16.7. The maximum absolute atomic E-state index is 11.7. The molecular formula is C16H26N4O2S. The highest BCUT2D eigenvalue weighted by molar-refractivity contribution is 7.11. The highest BCUT2D eigenvalue weighted by Crippen LogP contribution is 2.16. The summed E-state index contributed by atoms with van der Waals surface area (Å²) < 4.78 is 0. The molecule has 0 radical (unpaired) electrons. The van der Waals surface area contributed by atoms with Crippen LogP contribution in [0.4, 0.5) is 4.79 Å². The first kappa shape index (κ1) is 17.7. The summed E-state index contributed by atoms with van der Waals surface area (Å²) in [6, 6.07) is 3.95. The van der Waals surface area contributed by atoms with Crippen LogP contribution in [0.3, 0.4) is 0 Å². The van der Waals surface area contributed by atoms with Gasteiger partial charge in [0, 0.05) is 22.8 Å². The van der Waals surface area contributed by atoms with E-state index in [0.29, 0.717) is 13.1 Å². The molecule has 23 heavy (non-hydrogen) atoms. The van der Waals surface area contributed by atoms with E-state index in [4.69, 9.17) is 5.73 Å². The van der Waals surface area contributed by atoms with Crippen molar-refractivity contribution in [3.63, 3.8) is 0 Å². The van der Waals surface area contributed by atoms with E-state index < -0.39 is 0 Å². The summed E-state index contributed by atoms with van der Waals surface area (Å²) in [5, 5.41) is 5.73. The number of carbonyl (C=O) groups is 2. The van der Waals surface area contributed by atoms with Crippen molar-refractivity contribution >= 4 is 23.3 Å². The van der Waals surface area contributed by atoms with E-state index in [9.17, 15) is 9.59 Å². The molecule has 0 aliphatic carbocycles. The third-order valence-corrected chi connectivity index (χ3v) is 5.06. The van der Waals surface area contributed by atoms with Crippen molar-refractivity contribution in [3.8, 4) is 0 Å². The lowest BCUT2D eigenvalue weighted by atomic mass is 9.97. The van der Waals surface area contributed by atoms with Gasteiger partial charge in [0.15, 0.2) is 0 Å². The van der Waals surface area contributed by atoms with Gasteiger partial charge >= 0.3 is 6.03 Å². The predicted molar refractivity (Wildman–Crippen MR) is 92.3 cm³/mol. The van der Waals surface area contributed by atoms with E-state index in [2.05, 4.69) is 28.5 Å². The number of primary amides is 1. The molecule has 128 valence electrons. The Morgan fingerprint density at radius 3 is 2.91 bits per heavy atom. The number of likely N-dealkylation sites (tertiary alicyclic amines) is 1. The number of amides is 3. The Bertz CT molecular complexity index is 532. The number of urea groups is 1. The second-order valence-electron chi connectivity index (χ2n) is 6.02. The van der Waals surface area contributed by atoms with Crippen molar-refractivity contribution in [1.29, 1.82) is 0 Å². The zero-order valence-corrected chi connectivity index (χ0v) is 14.5. The Balaban J connectivity index is 1.56. The fraction of sp³-hybridized carbons (Fsp3) is 0.625. The molecule has 1 saturated heterocycles. The third kappa shape index (κ3) is 6.19. The molecule has 1 aliphatic rings. The van der Waals surface area contributed by atoms with E-state index in [1.54, 1.807) is 11.3 Å². The summed E-state index contributed by atoms with van der Waals surface area (Å²) in [5.41, 5.74) is 5.38. The average Bonchev–Trinajstić information content (AvgIpc) is 2.95. The fourth-order valence-corrected chi connectivity index (χ4v) is 3.64. The van der Waals surface area contributed by atoms with E-state index >= 15 is 0 Å². The number of rotatable bonds is 7. The Hall–Kier alpha value is -1.60. The average molecular weight is 338 g/mol. The summed E-state index contributed by atoms with van der Waals surface area (Å²) >= 11 is 1.69. The lowest BCUT2D eigenvalue weighted by Crippen LogP contribution is -2.42. The zero-order valence-electron chi connectivity index (χ0n) is 13.6. The monoisotopic (exact) mass is 338 g/mol.